The predicted octanol–water partition coefficient (Wildman–Crippen LogP) is 3.27. The van der Waals surface area contributed by atoms with Gasteiger partial charge in [-0.15, -0.1) is 5.73 Å². The van der Waals surface area contributed by atoms with Gasteiger partial charge in [-0.2, -0.15) is 0 Å². The summed E-state index contributed by atoms with van der Waals surface area (Å²) in [6, 6.07) is 10.3. The second-order valence-electron chi connectivity index (χ2n) is 3.79. The Morgan fingerprint density at radius 2 is 2.12 bits per heavy atom. The van der Waals surface area contributed by atoms with Gasteiger partial charge in [-0.05, 0) is 37.0 Å². The van der Waals surface area contributed by atoms with Gasteiger partial charge in [0, 0.05) is 0 Å². The zero-order valence-corrected chi connectivity index (χ0v) is 9.69. The summed E-state index contributed by atoms with van der Waals surface area (Å²) in [5.74, 6) is 0. The molecule has 0 fully saturated rings. The number of benzene rings is 1. The Balaban J connectivity index is 2.45. The van der Waals surface area contributed by atoms with Gasteiger partial charge in [-0.3, -0.25) is 0 Å². The van der Waals surface area contributed by atoms with Crippen LogP contribution in [-0.2, 0) is 6.42 Å². The van der Waals surface area contributed by atoms with Crippen molar-refractivity contribution in [2.24, 2.45) is 0 Å². The minimum atomic E-state index is -0.548. The van der Waals surface area contributed by atoms with Gasteiger partial charge < -0.3 is 5.11 Å². The van der Waals surface area contributed by atoms with E-state index in [1.165, 1.54) is 5.56 Å². The first kappa shape index (κ1) is 12.5. The van der Waals surface area contributed by atoms with Gasteiger partial charge in [0.15, 0.2) is 0 Å². The highest BCUT2D eigenvalue weighted by molar-refractivity contribution is 5.17. The molecule has 0 spiro atoms. The summed E-state index contributed by atoms with van der Waals surface area (Å²) in [5.41, 5.74) is 4.86. The van der Waals surface area contributed by atoms with Crippen molar-refractivity contribution < 1.29 is 5.11 Å². The van der Waals surface area contributed by atoms with Crippen molar-refractivity contribution in [3.8, 4) is 0 Å². The van der Waals surface area contributed by atoms with E-state index in [0.717, 1.165) is 18.4 Å². The first-order valence-corrected chi connectivity index (χ1v) is 5.48. The second-order valence-corrected chi connectivity index (χ2v) is 3.79. The maximum Gasteiger partial charge on any atom is 0.100 e. The molecule has 0 bridgehead atoms. The van der Waals surface area contributed by atoms with Gasteiger partial charge in [-0.25, -0.2) is 0 Å². The highest BCUT2D eigenvalue weighted by atomic mass is 16.3. The van der Waals surface area contributed by atoms with E-state index in [1.807, 2.05) is 25.1 Å². The number of hydrogen-bond acceptors (Lipinski definition) is 1. The summed E-state index contributed by atoms with van der Waals surface area (Å²) < 4.78 is 0. The number of aryl methyl sites for hydroxylation is 1. The van der Waals surface area contributed by atoms with E-state index in [-0.39, 0.29) is 0 Å². The zero-order chi connectivity index (χ0) is 11.8. The fraction of sp³-hybridized carbons (Fsp3) is 0.267. The van der Waals surface area contributed by atoms with Gasteiger partial charge in [0.05, 0.1) is 0 Å². The van der Waals surface area contributed by atoms with Gasteiger partial charge in [-0.1, -0.05) is 43.0 Å². The van der Waals surface area contributed by atoms with Crippen LogP contribution in [0.25, 0.3) is 0 Å². The monoisotopic (exact) mass is 214 g/mol. The maximum absolute atomic E-state index is 9.59. The van der Waals surface area contributed by atoms with Crippen molar-refractivity contribution >= 4 is 0 Å². The van der Waals surface area contributed by atoms with Crippen LogP contribution in [0.15, 0.2) is 60.4 Å². The molecule has 0 heterocycles. The predicted molar refractivity (Wildman–Crippen MR) is 68.2 cm³/mol. The molecule has 0 aliphatic heterocycles. The molecular weight excluding hydrogens is 196 g/mol. The molecule has 0 aliphatic rings. The van der Waals surface area contributed by atoms with Crippen LogP contribution in [0, 0.1) is 0 Å². The fourth-order valence-corrected chi connectivity index (χ4v) is 1.48. The molecule has 1 aromatic rings. The smallest absolute Gasteiger partial charge is 0.100 e. The SMILES string of the molecule is C=C=CC(O)/C(C)=C/CCc1ccccc1. The van der Waals surface area contributed by atoms with Crippen LogP contribution < -0.4 is 0 Å². The summed E-state index contributed by atoms with van der Waals surface area (Å²) in [6.07, 6.45) is 5.02. The normalized spacial score (nSPS) is 13.0. The Morgan fingerprint density at radius 3 is 2.75 bits per heavy atom. The molecule has 0 amide bonds. The summed E-state index contributed by atoms with van der Waals surface area (Å²) in [7, 11) is 0. The minimum Gasteiger partial charge on any atom is -0.384 e. The number of aliphatic hydroxyl groups excluding tert-OH is 1. The molecule has 0 saturated heterocycles. The summed E-state index contributed by atoms with van der Waals surface area (Å²) in [5, 5.41) is 9.59. The summed E-state index contributed by atoms with van der Waals surface area (Å²) in [4.78, 5) is 0. The van der Waals surface area contributed by atoms with E-state index >= 15 is 0 Å². The van der Waals surface area contributed by atoms with Crippen LogP contribution in [0.5, 0.6) is 0 Å². The summed E-state index contributed by atoms with van der Waals surface area (Å²) in [6.45, 7) is 5.36. The largest absolute Gasteiger partial charge is 0.384 e. The molecule has 1 N–H and O–H groups in total. The fourth-order valence-electron chi connectivity index (χ4n) is 1.48. The van der Waals surface area contributed by atoms with Gasteiger partial charge >= 0.3 is 0 Å². The standard InChI is InChI=1S/C15H18O/c1-3-8-15(16)13(2)9-7-12-14-10-5-4-6-11-14/h4-6,8-11,15-16H,1,7,12H2,2H3/b13-9+. The molecule has 0 radical (unpaired) electrons. The Kier molecular flexibility index (Phi) is 5.35. The molecular formula is C15H18O. The molecule has 1 nitrogen and oxygen atoms in total. The molecule has 1 heteroatoms. The Morgan fingerprint density at radius 1 is 1.44 bits per heavy atom. The highest BCUT2D eigenvalue weighted by Crippen LogP contribution is 2.07. The van der Waals surface area contributed by atoms with E-state index in [4.69, 9.17) is 0 Å². The quantitative estimate of drug-likeness (QED) is 0.589. The average molecular weight is 214 g/mol. The van der Waals surface area contributed by atoms with Crippen molar-refractivity contribution in [1.82, 2.24) is 0 Å². The molecule has 16 heavy (non-hydrogen) atoms. The third-order valence-corrected chi connectivity index (χ3v) is 2.48. The van der Waals surface area contributed by atoms with Crippen molar-refractivity contribution in [3.05, 3.63) is 65.9 Å². The van der Waals surface area contributed by atoms with Crippen molar-refractivity contribution in [2.75, 3.05) is 0 Å². The van der Waals surface area contributed by atoms with E-state index in [1.54, 1.807) is 6.08 Å². The lowest BCUT2D eigenvalue weighted by Gasteiger charge is -2.04. The second kappa shape index (κ2) is 6.84. The van der Waals surface area contributed by atoms with Crippen molar-refractivity contribution in [2.45, 2.75) is 25.9 Å². The van der Waals surface area contributed by atoms with Crippen LogP contribution in [0.2, 0.25) is 0 Å². The number of hydrogen-bond donors (Lipinski definition) is 1. The van der Waals surface area contributed by atoms with Crippen LogP contribution in [0.1, 0.15) is 18.9 Å². The summed E-state index contributed by atoms with van der Waals surface area (Å²) >= 11 is 0. The number of aliphatic hydroxyl groups is 1. The average Bonchev–Trinajstić information content (AvgIpc) is 2.30. The molecule has 0 aromatic heterocycles. The lowest BCUT2D eigenvalue weighted by Crippen LogP contribution is -2.03. The third kappa shape index (κ3) is 4.31. The van der Waals surface area contributed by atoms with Crippen LogP contribution in [0.4, 0.5) is 0 Å². The van der Waals surface area contributed by atoms with E-state index in [2.05, 4.69) is 30.5 Å². The third-order valence-electron chi connectivity index (χ3n) is 2.48. The van der Waals surface area contributed by atoms with Gasteiger partial charge in [0.1, 0.15) is 6.10 Å². The lowest BCUT2D eigenvalue weighted by atomic mass is 10.1. The van der Waals surface area contributed by atoms with Crippen LogP contribution in [0.3, 0.4) is 0 Å². The van der Waals surface area contributed by atoms with Crippen LogP contribution >= 0.6 is 0 Å². The van der Waals surface area contributed by atoms with Gasteiger partial charge in [0.2, 0.25) is 0 Å². The topological polar surface area (TPSA) is 20.2 Å². The first-order valence-electron chi connectivity index (χ1n) is 5.48. The Bertz CT molecular complexity index is 383. The maximum atomic E-state index is 9.59. The first-order chi connectivity index (χ1) is 7.74. The molecule has 84 valence electrons. The highest BCUT2D eigenvalue weighted by Gasteiger charge is 2.00. The van der Waals surface area contributed by atoms with E-state index in [9.17, 15) is 5.11 Å². The molecule has 1 atom stereocenters. The van der Waals surface area contributed by atoms with E-state index in [0.29, 0.717) is 0 Å². The number of allylic oxidation sites excluding steroid dienone is 1. The molecule has 0 saturated carbocycles. The zero-order valence-electron chi connectivity index (χ0n) is 9.69. The van der Waals surface area contributed by atoms with E-state index < -0.39 is 6.10 Å². The van der Waals surface area contributed by atoms with Gasteiger partial charge in [0.25, 0.3) is 0 Å². The molecule has 1 rings (SSSR count). The van der Waals surface area contributed by atoms with Crippen LogP contribution in [-0.4, -0.2) is 11.2 Å². The minimum absolute atomic E-state index is 0.548. The molecule has 1 aromatic carbocycles. The lowest BCUT2D eigenvalue weighted by molar-refractivity contribution is 0.259. The van der Waals surface area contributed by atoms with Crippen molar-refractivity contribution in [1.29, 1.82) is 0 Å². The van der Waals surface area contributed by atoms with Crippen molar-refractivity contribution in [3.63, 3.8) is 0 Å². The Labute approximate surface area is 97.4 Å². The number of rotatable bonds is 5. The molecule has 1 unspecified atom stereocenters. The molecule has 0 aliphatic carbocycles. The Hall–Kier alpha value is -1.56.